The molecule has 4 heteroatoms. The van der Waals surface area contributed by atoms with Crippen molar-refractivity contribution in [2.45, 2.75) is 33.6 Å². The molecule has 0 aliphatic carbocycles. The first-order valence-corrected chi connectivity index (χ1v) is 8.10. The maximum absolute atomic E-state index is 11.8. The number of hydrogen-bond donors (Lipinski definition) is 1. The molecule has 0 heterocycles. The molecular formula is C20H24N2O2. The highest BCUT2D eigenvalue weighted by atomic mass is 16.5. The van der Waals surface area contributed by atoms with E-state index in [1.165, 1.54) is 11.1 Å². The Bertz CT molecular complexity index is 709. The molecule has 1 amide bonds. The molecule has 24 heavy (non-hydrogen) atoms. The van der Waals surface area contributed by atoms with Gasteiger partial charge in [0.1, 0.15) is 5.75 Å². The maximum atomic E-state index is 11.8. The number of hydrogen-bond acceptors (Lipinski definition) is 3. The van der Waals surface area contributed by atoms with Crippen LogP contribution < -0.4 is 10.2 Å². The van der Waals surface area contributed by atoms with E-state index in [2.05, 4.69) is 22.7 Å². The molecule has 2 aromatic rings. The molecule has 0 aromatic heterocycles. The Balaban J connectivity index is 1.74. The fourth-order valence-electron chi connectivity index (χ4n) is 2.17. The summed E-state index contributed by atoms with van der Waals surface area (Å²) in [7, 11) is 0. The topological polar surface area (TPSA) is 50.7 Å². The van der Waals surface area contributed by atoms with Crippen LogP contribution in [0, 0.1) is 13.8 Å². The molecule has 2 rings (SSSR count). The Morgan fingerprint density at radius 1 is 1.08 bits per heavy atom. The molecule has 0 saturated heterocycles. The van der Waals surface area contributed by atoms with E-state index in [4.69, 9.17) is 4.74 Å². The highest BCUT2D eigenvalue weighted by Gasteiger charge is 2.03. The van der Waals surface area contributed by atoms with E-state index in [0.29, 0.717) is 5.75 Å². The van der Waals surface area contributed by atoms with Crippen LogP contribution in [0.3, 0.4) is 0 Å². The molecule has 4 nitrogen and oxygen atoms in total. The number of amides is 1. The molecule has 0 unspecified atom stereocenters. The predicted octanol–water partition coefficient (Wildman–Crippen LogP) is 3.81. The van der Waals surface area contributed by atoms with Gasteiger partial charge in [-0.25, -0.2) is 5.43 Å². The lowest BCUT2D eigenvalue weighted by atomic mass is 10.1. The van der Waals surface area contributed by atoms with Gasteiger partial charge in [-0.2, -0.15) is 5.10 Å². The Morgan fingerprint density at radius 2 is 1.83 bits per heavy atom. The normalized spacial score (nSPS) is 11.2. The lowest BCUT2D eigenvalue weighted by molar-refractivity contribution is -0.123. The van der Waals surface area contributed by atoms with E-state index in [1.54, 1.807) is 0 Å². The van der Waals surface area contributed by atoms with Crippen LogP contribution in [0.4, 0.5) is 0 Å². The summed E-state index contributed by atoms with van der Waals surface area (Å²) >= 11 is 0. The van der Waals surface area contributed by atoms with Gasteiger partial charge in [-0.05, 0) is 62.4 Å². The van der Waals surface area contributed by atoms with Crippen molar-refractivity contribution >= 4 is 11.6 Å². The second-order valence-corrected chi connectivity index (χ2v) is 5.90. The molecule has 0 saturated carbocycles. The fourth-order valence-corrected chi connectivity index (χ4v) is 2.17. The quantitative estimate of drug-likeness (QED) is 0.622. The number of nitrogens with one attached hydrogen (secondary N) is 1. The second kappa shape index (κ2) is 8.87. The van der Waals surface area contributed by atoms with Gasteiger partial charge < -0.3 is 4.74 Å². The maximum Gasteiger partial charge on any atom is 0.277 e. The highest BCUT2D eigenvalue weighted by Crippen LogP contribution is 2.16. The molecule has 0 radical (unpaired) electrons. The minimum absolute atomic E-state index is 0.0437. The molecule has 0 aliphatic rings. The molecule has 2 aromatic carbocycles. The number of carbonyl (C=O) groups excluding carboxylic acids is 1. The molecule has 0 fully saturated rings. The van der Waals surface area contributed by atoms with E-state index in [9.17, 15) is 4.79 Å². The molecule has 0 atom stereocenters. The molecular weight excluding hydrogens is 300 g/mol. The molecule has 0 spiro atoms. The number of carbonyl (C=O) groups is 1. The average molecular weight is 324 g/mol. The second-order valence-electron chi connectivity index (χ2n) is 5.90. The summed E-state index contributed by atoms with van der Waals surface area (Å²) in [6.45, 7) is 5.92. The number of aryl methyl sites for hydroxylation is 3. The molecule has 1 N–H and O–H groups in total. The van der Waals surface area contributed by atoms with Crippen molar-refractivity contribution in [1.29, 1.82) is 0 Å². The minimum Gasteiger partial charge on any atom is -0.484 e. The lowest BCUT2D eigenvalue weighted by Gasteiger charge is -2.08. The molecule has 126 valence electrons. The van der Waals surface area contributed by atoms with Crippen molar-refractivity contribution in [1.82, 2.24) is 5.43 Å². The summed E-state index contributed by atoms with van der Waals surface area (Å²) in [5.74, 6) is 0.435. The van der Waals surface area contributed by atoms with Gasteiger partial charge in [0.05, 0.1) is 0 Å². The van der Waals surface area contributed by atoms with Crippen molar-refractivity contribution in [2.75, 3.05) is 6.61 Å². The summed E-state index contributed by atoms with van der Waals surface area (Å²) in [4.78, 5) is 11.8. The van der Waals surface area contributed by atoms with Gasteiger partial charge in [0, 0.05) is 5.71 Å². The van der Waals surface area contributed by atoms with Crippen molar-refractivity contribution in [2.24, 2.45) is 5.10 Å². The number of benzene rings is 2. The van der Waals surface area contributed by atoms with Gasteiger partial charge in [-0.15, -0.1) is 0 Å². The van der Waals surface area contributed by atoms with E-state index in [0.717, 1.165) is 24.1 Å². The number of nitrogens with zero attached hydrogens (tertiary/aromatic N) is 1. The van der Waals surface area contributed by atoms with Crippen LogP contribution in [0.25, 0.3) is 0 Å². The summed E-state index contributed by atoms with van der Waals surface area (Å²) in [5.41, 5.74) is 7.03. The fraction of sp³-hybridized carbons (Fsp3) is 0.300. The van der Waals surface area contributed by atoms with Gasteiger partial charge in [-0.3, -0.25) is 4.79 Å². The largest absolute Gasteiger partial charge is 0.484 e. The van der Waals surface area contributed by atoms with E-state index >= 15 is 0 Å². The smallest absolute Gasteiger partial charge is 0.277 e. The third-order valence-electron chi connectivity index (χ3n) is 3.84. The summed E-state index contributed by atoms with van der Waals surface area (Å²) in [5, 5.41) is 4.12. The van der Waals surface area contributed by atoms with Crippen molar-refractivity contribution in [3.8, 4) is 5.75 Å². The highest BCUT2D eigenvalue weighted by molar-refractivity contribution is 5.84. The van der Waals surface area contributed by atoms with Crippen molar-refractivity contribution < 1.29 is 9.53 Å². The van der Waals surface area contributed by atoms with Crippen molar-refractivity contribution in [3.05, 3.63) is 65.2 Å². The Labute approximate surface area is 143 Å². The van der Waals surface area contributed by atoms with E-state index in [1.807, 2.05) is 57.2 Å². The van der Waals surface area contributed by atoms with Gasteiger partial charge in [-0.1, -0.05) is 36.4 Å². The van der Waals surface area contributed by atoms with E-state index < -0.39 is 0 Å². The third kappa shape index (κ3) is 5.88. The van der Waals surface area contributed by atoms with E-state index in [-0.39, 0.29) is 12.5 Å². The first-order valence-electron chi connectivity index (χ1n) is 8.10. The number of ether oxygens (including phenoxy) is 1. The van der Waals surface area contributed by atoms with Crippen LogP contribution in [0.5, 0.6) is 5.75 Å². The summed E-state index contributed by atoms with van der Waals surface area (Å²) in [6, 6.07) is 16.0. The Kier molecular flexibility index (Phi) is 6.55. The van der Waals surface area contributed by atoms with Crippen LogP contribution in [0.15, 0.2) is 53.6 Å². The standard InChI is InChI=1S/C20H24N2O2/c1-15-9-12-19(13-16(15)2)24-14-20(23)22-21-17(3)10-11-18-7-5-4-6-8-18/h4-9,12-13H,10-11,14H2,1-3H3,(H,22,23)/b21-17-. The van der Waals surface area contributed by atoms with Crippen LogP contribution in [0.1, 0.15) is 30.0 Å². The van der Waals surface area contributed by atoms with Gasteiger partial charge in [0.2, 0.25) is 0 Å². The first kappa shape index (κ1) is 17.7. The lowest BCUT2D eigenvalue weighted by Crippen LogP contribution is -2.25. The van der Waals surface area contributed by atoms with Crippen LogP contribution in [-0.4, -0.2) is 18.2 Å². The Morgan fingerprint density at radius 3 is 2.54 bits per heavy atom. The summed E-state index contributed by atoms with van der Waals surface area (Å²) < 4.78 is 5.48. The average Bonchev–Trinajstić information content (AvgIpc) is 2.60. The van der Waals surface area contributed by atoms with Crippen LogP contribution >= 0.6 is 0 Å². The van der Waals surface area contributed by atoms with Crippen LogP contribution in [0.2, 0.25) is 0 Å². The first-order chi connectivity index (χ1) is 11.5. The zero-order chi connectivity index (χ0) is 17.4. The van der Waals surface area contributed by atoms with Crippen LogP contribution in [-0.2, 0) is 11.2 Å². The van der Waals surface area contributed by atoms with Gasteiger partial charge in [0.15, 0.2) is 6.61 Å². The zero-order valence-electron chi connectivity index (χ0n) is 14.5. The number of hydrazone groups is 1. The minimum atomic E-state index is -0.257. The summed E-state index contributed by atoms with van der Waals surface area (Å²) in [6.07, 6.45) is 1.72. The number of rotatable bonds is 7. The van der Waals surface area contributed by atoms with Gasteiger partial charge in [0.25, 0.3) is 5.91 Å². The predicted molar refractivity (Wildman–Crippen MR) is 97.4 cm³/mol. The molecule has 0 bridgehead atoms. The third-order valence-corrected chi connectivity index (χ3v) is 3.84. The van der Waals surface area contributed by atoms with Crippen molar-refractivity contribution in [3.63, 3.8) is 0 Å². The zero-order valence-corrected chi connectivity index (χ0v) is 14.5. The Hall–Kier alpha value is -2.62. The monoisotopic (exact) mass is 324 g/mol. The molecule has 0 aliphatic heterocycles. The van der Waals surface area contributed by atoms with Gasteiger partial charge >= 0.3 is 0 Å². The SMILES string of the molecule is C/C(CCc1ccccc1)=N/NC(=O)COc1ccc(C)c(C)c1.